The highest BCUT2D eigenvalue weighted by atomic mass is 16.5. The summed E-state index contributed by atoms with van der Waals surface area (Å²) in [6, 6.07) is 0. The summed E-state index contributed by atoms with van der Waals surface area (Å²) in [7, 11) is 0. The Hall–Kier alpha value is -1.76. The summed E-state index contributed by atoms with van der Waals surface area (Å²) >= 11 is 0. The van der Waals surface area contributed by atoms with E-state index in [0.717, 1.165) is 24.4 Å². The molecule has 3 aliphatic rings. The number of ether oxygens (including phenoxy) is 1. The summed E-state index contributed by atoms with van der Waals surface area (Å²) in [4.78, 5) is 0. The first-order chi connectivity index (χ1) is 8.36. The summed E-state index contributed by atoms with van der Waals surface area (Å²) in [6.45, 7) is 2.25. The summed E-state index contributed by atoms with van der Waals surface area (Å²) in [5.74, 6) is 2.42. The Labute approximate surface area is 102 Å². The molecular formula is C16H16O. The highest BCUT2D eigenvalue weighted by Crippen LogP contribution is 2.37. The first kappa shape index (κ1) is 10.4. The molecule has 0 aromatic heterocycles. The highest BCUT2D eigenvalue weighted by molar-refractivity contribution is 5.48. The van der Waals surface area contributed by atoms with Crippen molar-refractivity contribution in [1.82, 2.24) is 0 Å². The Morgan fingerprint density at radius 3 is 1.82 bits per heavy atom. The lowest BCUT2D eigenvalue weighted by atomic mass is 9.88. The Kier molecular flexibility index (Phi) is 2.60. The zero-order valence-electron chi connectivity index (χ0n) is 10.0. The molecule has 1 heterocycles. The number of rotatable bonds is 0. The van der Waals surface area contributed by atoms with Gasteiger partial charge in [0.1, 0.15) is 11.5 Å². The molecule has 0 radical (unpaired) electrons. The standard InChI is InChI=1S/C16H16O/c1-12-13-8-4-2-6-10-15(13)17-16-11-7-3-5-9-14(12)16/h4-12H,2-3H2,1H3. The Balaban J connectivity index is 2.06. The minimum atomic E-state index is 0.409. The van der Waals surface area contributed by atoms with Crippen molar-refractivity contribution in [3.8, 4) is 0 Å². The lowest BCUT2D eigenvalue weighted by Crippen LogP contribution is -2.12. The molecule has 0 amide bonds. The van der Waals surface area contributed by atoms with E-state index in [0.29, 0.717) is 5.92 Å². The van der Waals surface area contributed by atoms with Gasteiger partial charge in [-0.1, -0.05) is 43.4 Å². The Morgan fingerprint density at radius 1 is 0.824 bits per heavy atom. The molecule has 0 fully saturated rings. The predicted molar refractivity (Wildman–Crippen MR) is 70.1 cm³/mol. The van der Waals surface area contributed by atoms with Gasteiger partial charge in [0.25, 0.3) is 0 Å². The molecule has 0 aromatic rings. The summed E-state index contributed by atoms with van der Waals surface area (Å²) in [5.41, 5.74) is 2.58. The quantitative estimate of drug-likeness (QED) is 0.599. The molecule has 86 valence electrons. The molecule has 0 saturated carbocycles. The van der Waals surface area contributed by atoms with Crippen LogP contribution in [0.15, 0.2) is 71.3 Å². The fourth-order valence-corrected chi connectivity index (χ4v) is 2.44. The Bertz CT molecular complexity index is 464. The van der Waals surface area contributed by atoms with Crippen LogP contribution in [0.1, 0.15) is 19.8 Å². The van der Waals surface area contributed by atoms with Crippen LogP contribution in [0.25, 0.3) is 0 Å². The zero-order chi connectivity index (χ0) is 11.7. The van der Waals surface area contributed by atoms with Gasteiger partial charge in [-0.3, -0.25) is 0 Å². The van der Waals surface area contributed by atoms with Crippen LogP contribution in [0.3, 0.4) is 0 Å². The molecule has 1 heteroatoms. The molecule has 0 N–H and O–H groups in total. The second-order valence-electron chi connectivity index (χ2n) is 4.54. The van der Waals surface area contributed by atoms with Gasteiger partial charge < -0.3 is 4.74 Å². The van der Waals surface area contributed by atoms with Crippen molar-refractivity contribution in [2.24, 2.45) is 5.92 Å². The third-order valence-corrected chi connectivity index (χ3v) is 3.40. The molecular weight excluding hydrogens is 208 g/mol. The van der Waals surface area contributed by atoms with Gasteiger partial charge in [0.2, 0.25) is 0 Å². The molecule has 0 bridgehead atoms. The monoisotopic (exact) mass is 224 g/mol. The third kappa shape index (κ3) is 1.82. The maximum absolute atomic E-state index is 6.01. The molecule has 0 atom stereocenters. The number of hydrogen-bond donors (Lipinski definition) is 0. The van der Waals surface area contributed by atoms with Crippen LogP contribution in [-0.2, 0) is 4.74 Å². The van der Waals surface area contributed by atoms with Gasteiger partial charge in [0, 0.05) is 17.1 Å². The van der Waals surface area contributed by atoms with E-state index < -0.39 is 0 Å². The smallest absolute Gasteiger partial charge is 0.130 e. The summed E-state index contributed by atoms with van der Waals surface area (Å²) in [5, 5.41) is 0. The number of allylic oxidation sites excluding steroid dienone is 10. The van der Waals surface area contributed by atoms with E-state index in [9.17, 15) is 0 Å². The Morgan fingerprint density at radius 2 is 1.29 bits per heavy atom. The average molecular weight is 224 g/mol. The van der Waals surface area contributed by atoms with Gasteiger partial charge in [-0.05, 0) is 25.0 Å². The topological polar surface area (TPSA) is 9.23 Å². The maximum atomic E-state index is 6.01. The minimum Gasteiger partial charge on any atom is -0.457 e. The van der Waals surface area contributed by atoms with Gasteiger partial charge in [0.15, 0.2) is 0 Å². The lowest BCUT2D eigenvalue weighted by Gasteiger charge is -2.25. The fraction of sp³-hybridized carbons (Fsp3) is 0.250. The summed E-state index contributed by atoms with van der Waals surface area (Å²) < 4.78 is 6.01. The molecule has 0 saturated heterocycles. The molecule has 1 nitrogen and oxygen atoms in total. The zero-order valence-corrected chi connectivity index (χ0v) is 10.0. The van der Waals surface area contributed by atoms with Gasteiger partial charge in [-0.15, -0.1) is 0 Å². The summed E-state index contributed by atoms with van der Waals surface area (Å²) in [6.07, 6.45) is 19.2. The minimum absolute atomic E-state index is 0.409. The van der Waals surface area contributed by atoms with Crippen molar-refractivity contribution in [1.29, 1.82) is 0 Å². The maximum Gasteiger partial charge on any atom is 0.130 e. The van der Waals surface area contributed by atoms with E-state index in [1.54, 1.807) is 0 Å². The van der Waals surface area contributed by atoms with E-state index >= 15 is 0 Å². The first-order valence-electron chi connectivity index (χ1n) is 6.18. The van der Waals surface area contributed by atoms with Gasteiger partial charge >= 0.3 is 0 Å². The molecule has 0 unspecified atom stereocenters. The van der Waals surface area contributed by atoms with Crippen LogP contribution in [0.4, 0.5) is 0 Å². The molecule has 2 aliphatic carbocycles. The van der Waals surface area contributed by atoms with Crippen molar-refractivity contribution in [3.05, 3.63) is 71.3 Å². The van der Waals surface area contributed by atoms with Crippen LogP contribution in [-0.4, -0.2) is 0 Å². The third-order valence-electron chi connectivity index (χ3n) is 3.40. The van der Waals surface area contributed by atoms with Crippen molar-refractivity contribution in [3.63, 3.8) is 0 Å². The van der Waals surface area contributed by atoms with Crippen molar-refractivity contribution in [2.45, 2.75) is 19.8 Å². The van der Waals surface area contributed by atoms with Crippen molar-refractivity contribution in [2.75, 3.05) is 0 Å². The van der Waals surface area contributed by atoms with Gasteiger partial charge in [-0.2, -0.15) is 0 Å². The van der Waals surface area contributed by atoms with E-state index in [1.165, 1.54) is 11.1 Å². The van der Waals surface area contributed by atoms with Crippen LogP contribution in [0.2, 0.25) is 0 Å². The second kappa shape index (κ2) is 4.25. The van der Waals surface area contributed by atoms with Crippen molar-refractivity contribution >= 4 is 0 Å². The lowest BCUT2D eigenvalue weighted by molar-refractivity contribution is 0.310. The normalized spacial score (nSPS) is 23.1. The van der Waals surface area contributed by atoms with Gasteiger partial charge in [-0.25, -0.2) is 0 Å². The molecule has 0 aromatic carbocycles. The van der Waals surface area contributed by atoms with E-state index in [1.807, 2.05) is 0 Å². The van der Waals surface area contributed by atoms with Crippen LogP contribution >= 0.6 is 0 Å². The molecule has 17 heavy (non-hydrogen) atoms. The number of hydrogen-bond acceptors (Lipinski definition) is 1. The molecule has 3 rings (SSSR count). The van der Waals surface area contributed by atoms with Crippen LogP contribution < -0.4 is 0 Å². The SMILES string of the molecule is CC1C2=C(C=CCC=C2)OC2=C1C=CCC=C2. The average Bonchev–Trinajstić information content (AvgIpc) is 2.69. The van der Waals surface area contributed by atoms with Crippen LogP contribution in [0, 0.1) is 5.92 Å². The van der Waals surface area contributed by atoms with E-state index in [-0.39, 0.29) is 0 Å². The second-order valence-corrected chi connectivity index (χ2v) is 4.54. The van der Waals surface area contributed by atoms with Crippen LogP contribution in [0.5, 0.6) is 0 Å². The fourth-order valence-electron chi connectivity index (χ4n) is 2.44. The predicted octanol–water partition coefficient (Wildman–Crippen LogP) is 4.19. The van der Waals surface area contributed by atoms with E-state index in [2.05, 4.69) is 55.5 Å². The largest absolute Gasteiger partial charge is 0.457 e. The first-order valence-corrected chi connectivity index (χ1v) is 6.18. The molecule has 1 aliphatic heterocycles. The van der Waals surface area contributed by atoms with Gasteiger partial charge in [0.05, 0.1) is 0 Å². The van der Waals surface area contributed by atoms with Crippen molar-refractivity contribution < 1.29 is 4.74 Å². The van der Waals surface area contributed by atoms with E-state index in [4.69, 9.17) is 4.74 Å². The molecule has 0 spiro atoms. The highest BCUT2D eigenvalue weighted by Gasteiger charge is 2.24.